The highest BCUT2D eigenvalue weighted by atomic mass is 32.1. The third-order valence-corrected chi connectivity index (χ3v) is 6.55. The molecule has 3 aromatic heterocycles. The summed E-state index contributed by atoms with van der Waals surface area (Å²) in [5, 5.41) is 4.35. The van der Waals surface area contributed by atoms with E-state index in [-0.39, 0.29) is 12.1 Å². The average Bonchev–Trinajstić information content (AvgIpc) is 3.43. The van der Waals surface area contributed by atoms with E-state index < -0.39 is 0 Å². The molecule has 2 fully saturated rings. The predicted octanol–water partition coefficient (Wildman–Crippen LogP) is 2.63. The molecule has 1 N–H and O–H groups in total. The molecule has 7 nitrogen and oxygen atoms in total. The van der Waals surface area contributed by atoms with Crippen LogP contribution >= 0.6 is 12.2 Å². The largest absolute Gasteiger partial charge is 0.379 e. The van der Waals surface area contributed by atoms with Gasteiger partial charge in [0, 0.05) is 63.2 Å². The van der Waals surface area contributed by atoms with E-state index in [1.807, 2.05) is 36.8 Å². The van der Waals surface area contributed by atoms with Crippen molar-refractivity contribution >= 4 is 17.3 Å². The van der Waals surface area contributed by atoms with E-state index in [9.17, 15) is 0 Å². The third kappa shape index (κ3) is 4.53. The Balaban J connectivity index is 1.44. The standard InChI is InChI=1S/C24H28N6OS/c32-24-27-22(20-6-1-2-9-26-20)23(30(24)12-11-28-13-15-31-16-14-28)21-7-4-10-29(21)18-19-5-3-8-25-17-19/h1-10,17,22-23H,11-16,18H2,(H,27,32). The quantitative estimate of drug-likeness (QED) is 0.558. The minimum Gasteiger partial charge on any atom is -0.379 e. The first-order valence-electron chi connectivity index (χ1n) is 11.1. The van der Waals surface area contributed by atoms with Gasteiger partial charge < -0.3 is 19.5 Å². The SMILES string of the molecule is S=C1NC(c2ccccn2)C(c2cccn2Cc2cccnc2)N1CCN1CCOCC1. The van der Waals surface area contributed by atoms with Crippen LogP contribution in [0.3, 0.4) is 0 Å². The molecule has 166 valence electrons. The maximum absolute atomic E-state index is 5.83. The average molecular weight is 449 g/mol. The van der Waals surface area contributed by atoms with E-state index >= 15 is 0 Å². The number of morpholine rings is 1. The van der Waals surface area contributed by atoms with Gasteiger partial charge in [0.2, 0.25) is 0 Å². The molecule has 32 heavy (non-hydrogen) atoms. The zero-order valence-electron chi connectivity index (χ0n) is 18.0. The van der Waals surface area contributed by atoms with E-state index in [2.05, 4.69) is 60.1 Å². The number of nitrogens with one attached hydrogen (secondary N) is 1. The molecule has 0 aliphatic carbocycles. The number of hydrogen-bond acceptors (Lipinski definition) is 5. The topological polar surface area (TPSA) is 58.5 Å². The van der Waals surface area contributed by atoms with Crippen LogP contribution in [0.25, 0.3) is 0 Å². The van der Waals surface area contributed by atoms with E-state index in [1.165, 1.54) is 11.3 Å². The third-order valence-electron chi connectivity index (χ3n) is 6.20. The van der Waals surface area contributed by atoms with Crippen molar-refractivity contribution < 1.29 is 4.74 Å². The van der Waals surface area contributed by atoms with Crippen LogP contribution in [0.2, 0.25) is 0 Å². The lowest BCUT2D eigenvalue weighted by molar-refractivity contribution is 0.0349. The number of ether oxygens (including phenoxy) is 1. The summed E-state index contributed by atoms with van der Waals surface area (Å²) in [6.07, 6.45) is 7.72. The van der Waals surface area contributed by atoms with E-state index in [4.69, 9.17) is 17.0 Å². The fraction of sp³-hybridized carbons (Fsp3) is 0.375. The molecular formula is C24H28N6OS. The van der Waals surface area contributed by atoms with Crippen LogP contribution < -0.4 is 5.32 Å². The zero-order chi connectivity index (χ0) is 21.8. The van der Waals surface area contributed by atoms with Gasteiger partial charge in [-0.15, -0.1) is 0 Å². The summed E-state index contributed by atoms with van der Waals surface area (Å²) in [6.45, 7) is 6.14. The summed E-state index contributed by atoms with van der Waals surface area (Å²) in [5.41, 5.74) is 3.40. The van der Waals surface area contributed by atoms with Crippen LogP contribution in [0.1, 0.15) is 29.0 Å². The molecular weight excluding hydrogens is 420 g/mol. The second-order valence-corrected chi connectivity index (χ2v) is 8.58. The monoisotopic (exact) mass is 448 g/mol. The molecule has 0 spiro atoms. The van der Waals surface area contributed by atoms with E-state index in [0.717, 1.165) is 56.7 Å². The smallest absolute Gasteiger partial charge is 0.170 e. The first-order valence-corrected chi connectivity index (χ1v) is 11.5. The minimum atomic E-state index is -0.00376. The molecule has 2 atom stereocenters. The highest BCUT2D eigenvalue weighted by Crippen LogP contribution is 2.38. The Morgan fingerprint density at radius 1 is 1.03 bits per heavy atom. The van der Waals surface area contributed by atoms with Crippen molar-refractivity contribution in [1.82, 2.24) is 29.7 Å². The van der Waals surface area contributed by atoms with Gasteiger partial charge in [0.05, 0.1) is 31.0 Å². The normalized spacial score (nSPS) is 21.6. The first kappa shape index (κ1) is 21.1. The van der Waals surface area contributed by atoms with Crippen molar-refractivity contribution in [3.63, 3.8) is 0 Å². The summed E-state index contributed by atoms with van der Waals surface area (Å²) >= 11 is 5.83. The maximum Gasteiger partial charge on any atom is 0.170 e. The van der Waals surface area contributed by atoms with Crippen LogP contribution in [-0.2, 0) is 11.3 Å². The fourth-order valence-corrected chi connectivity index (χ4v) is 4.90. The van der Waals surface area contributed by atoms with Crippen LogP contribution in [-0.4, -0.2) is 68.8 Å². The lowest BCUT2D eigenvalue weighted by Gasteiger charge is -2.32. The van der Waals surface area contributed by atoms with Gasteiger partial charge in [-0.3, -0.25) is 14.9 Å². The molecule has 0 amide bonds. The molecule has 8 heteroatoms. The molecule has 0 radical (unpaired) electrons. The Hall–Kier alpha value is -2.81. The fourth-order valence-electron chi connectivity index (χ4n) is 4.57. The second kappa shape index (κ2) is 9.77. The van der Waals surface area contributed by atoms with Gasteiger partial charge >= 0.3 is 0 Å². The molecule has 2 aliphatic rings. The van der Waals surface area contributed by atoms with Gasteiger partial charge in [-0.25, -0.2) is 0 Å². The molecule has 0 saturated carbocycles. The lowest BCUT2D eigenvalue weighted by Crippen LogP contribution is -2.42. The molecule has 2 aliphatic heterocycles. The summed E-state index contributed by atoms with van der Waals surface area (Å²) in [6, 6.07) is 14.5. The van der Waals surface area contributed by atoms with E-state index in [1.54, 1.807) is 0 Å². The number of hydrogen-bond donors (Lipinski definition) is 1. The van der Waals surface area contributed by atoms with Gasteiger partial charge in [-0.1, -0.05) is 12.1 Å². The lowest BCUT2D eigenvalue weighted by atomic mass is 10.0. The van der Waals surface area contributed by atoms with Gasteiger partial charge in [0.25, 0.3) is 0 Å². The van der Waals surface area contributed by atoms with Crippen molar-refractivity contribution in [2.75, 3.05) is 39.4 Å². The summed E-state index contributed by atoms with van der Waals surface area (Å²) in [5.74, 6) is 0. The van der Waals surface area contributed by atoms with Crippen LogP contribution in [0.4, 0.5) is 0 Å². The van der Waals surface area contributed by atoms with Gasteiger partial charge in [0.15, 0.2) is 5.11 Å². The summed E-state index contributed by atoms with van der Waals surface area (Å²) < 4.78 is 7.81. The highest BCUT2D eigenvalue weighted by molar-refractivity contribution is 7.80. The van der Waals surface area contributed by atoms with Gasteiger partial charge in [-0.05, 0) is 48.1 Å². The molecule has 5 rings (SSSR count). The first-order chi connectivity index (χ1) is 15.8. The Kier molecular flexibility index (Phi) is 6.43. The Morgan fingerprint density at radius 3 is 2.72 bits per heavy atom. The number of thiocarbonyl (C=S) groups is 1. The maximum atomic E-state index is 5.83. The number of rotatable bonds is 7. The van der Waals surface area contributed by atoms with Gasteiger partial charge in [0.1, 0.15) is 0 Å². The molecule has 2 unspecified atom stereocenters. The Morgan fingerprint density at radius 2 is 1.94 bits per heavy atom. The Bertz CT molecular complexity index is 1020. The second-order valence-electron chi connectivity index (χ2n) is 8.20. The summed E-state index contributed by atoms with van der Waals surface area (Å²) in [4.78, 5) is 13.7. The highest BCUT2D eigenvalue weighted by Gasteiger charge is 2.41. The number of nitrogens with zero attached hydrogens (tertiary/aromatic N) is 5. The molecule has 5 heterocycles. The van der Waals surface area contributed by atoms with Crippen molar-refractivity contribution in [2.24, 2.45) is 0 Å². The van der Waals surface area contributed by atoms with Crippen molar-refractivity contribution in [1.29, 1.82) is 0 Å². The van der Waals surface area contributed by atoms with Gasteiger partial charge in [-0.2, -0.15) is 0 Å². The van der Waals surface area contributed by atoms with Crippen molar-refractivity contribution in [3.8, 4) is 0 Å². The van der Waals surface area contributed by atoms with Crippen molar-refractivity contribution in [2.45, 2.75) is 18.6 Å². The molecule has 0 bridgehead atoms. The predicted molar refractivity (Wildman–Crippen MR) is 127 cm³/mol. The number of pyridine rings is 2. The molecule has 0 aromatic carbocycles. The molecule has 3 aromatic rings. The van der Waals surface area contributed by atoms with Crippen LogP contribution in [0, 0.1) is 0 Å². The zero-order valence-corrected chi connectivity index (χ0v) is 18.8. The van der Waals surface area contributed by atoms with Crippen LogP contribution in [0.15, 0.2) is 67.3 Å². The van der Waals surface area contributed by atoms with Crippen molar-refractivity contribution in [3.05, 3.63) is 84.2 Å². The van der Waals surface area contributed by atoms with E-state index in [0.29, 0.717) is 0 Å². The number of aromatic nitrogens is 3. The minimum absolute atomic E-state index is 0.00376. The van der Waals surface area contributed by atoms with Crippen LogP contribution in [0.5, 0.6) is 0 Å². The Labute approximate surface area is 194 Å². The molecule has 2 saturated heterocycles. The summed E-state index contributed by atoms with van der Waals surface area (Å²) in [7, 11) is 0.